The van der Waals surface area contributed by atoms with Crippen LogP contribution in [0.3, 0.4) is 0 Å². The number of aliphatic hydroxyl groups excluding tert-OH is 2. The van der Waals surface area contributed by atoms with E-state index in [9.17, 15) is 39.0 Å². The van der Waals surface area contributed by atoms with Crippen LogP contribution in [0.2, 0.25) is 0 Å². The van der Waals surface area contributed by atoms with Crippen LogP contribution in [-0.2, 0) is 71.2 Å². The van der Waals surface area contributed by atoms with Crippen molar-refractivity contribution in [3.8, 4) is 45.3 Å². The third kappa shape index (κ3) is 22.2. The summed E-state index contributed by atoms with van der Waals surface area (Å²) in [5, 5.41) is 31.3. The third-order valence-electron chi connectivity index (χ3n) is 22.8. The fraction of sp³-hybridized carbons (Fsp3) is 0.283. The number of carbonyl (C=O) groups is 6. The molecule has 0 heterocycles. The second-order valence-corrected chi connectivity index (χ2v) is 33.4. The Bertz CT molecular complexity index is 5720. The van der Waals surface area contributed by atoms with Crippen LogP contribution in [0.15, 0.2) is 291 Å². The topological polar surface area (TPSA) is 293 Å². The standard InChI is InChI=1S/C106H108N4O19/c1-70(2)97(113)125-66-84(112)67-126-99(115)104(7,68-127-101(117)109-82-26-18-22-73(64-82)60-72-20-16-24-80(62-72)107-98(114)103(5,6)129-59-58-123-88-50-42-79(43-51-88)105(76-36-44-85(45-37-76)120-53-52-111)93-32-12-8-28-89(93)90-29-9-13-33-94(90)105)69-128-102(118)110-83-27-19-23-75(65-83)61-74-21-17-25-81(63-74)108-100(116)124-57-56-122-87-48-40-78(41-49-87)106(77-38-46-86(47-39-77)121-55-54-119-71(3)4)95-34-14-10-30-91(95)92-31-11-15-35-96(92)106/h8-22,24-51,62-65,70-71,75,84,111-112H,23,52-61,66-69H2,1-7H3,(H,107,114)(H,108,116)(H,109,117)(H,110,118). The van der Waals surface area contributed by atoms with Gasteiger partial charge in [0.1, 0.15) is 99.6 Å². The Kier molecular flexibility index (Phi) is 29.9. The minimum atomic E-state index is -1.84. The van der Waals surface area contributed by atoms with Crippen molar-refractivity contribution in [1.82, 2.24) is 5.32 Å². The molecular formula is C106H108N4O19. The molecule has 3 atom stereocenters. The van der Waals surface area contributed by atoms with Gasteiger partial charge in [-0.05, 0) is 234 Å². The lowest BCUT2D eigenvalue weighted by Gasteiger charge is -2.34. The van der Waals surface area contributed by atoms with Crippen LogP contribution in [0.5, 0.6) is 23.0 Å². The van der Waals surface area contributed by atoms with Gasteiger partial charge in [0.25, 0.3) is 5.91 Å². The first kappa shape index (κ1) is 91.4. The number of carbonyl (C=O) groups excluding carboxylic acids is 6. The second-order valence-electron chi connectivity index (χ2n) is 33.4. The van der Waals surface area contributed by atoms with Crippen LogP contribution < -0.4 is 40.2 Å². The highest BCUT2D eigenvalue weighted by atomic mass is 16.6. The normalized spacial score (nSPS) is 14.3. The number of esters is 2. The number of anilines is 3. The fourth-order valence-electron chi connectivity index (χ4n) is 16.6. The summed E-state index contributed by atoms with van der Waals surface area (Å²) < 4.78 is 63.5. The van der Waals surface area contributed by atoms with Crippen molar-refractivity contribution in [3.63, 3.8) is 0 Å². The van der Waals surface area contributed by atoms with Gasteiger partial charge in [0.15, 0.2) is 0 Å². The summed E-state index contributed by atoms with van der Waals surface area (Å²) in [5.41, 5.74) is 13.6. The Morgan fingerprint density at radius 2 is 0.829 bits per heavy atom. The van der Waals surface area contributed by atoms with Gasteiger partial charge in [-0.2, -0.15) is 0 Å². The van der Waals surface area contributed by atoms with E-state index < -0.39 is 90.5 Å². The summed E-state index contributed by atoms with van der Waals surface area (Å²) in [6.45, 7) is 11.1. The van der Waals surface area contributed by atoms with E-state index in [2.05, 4.69) is 167 Å². The van der Waals surface area contributed by atoms with E-state index in [1.165, 1.54) is 29.2 Å². The molecule has 0 bridgehead atoms. The summed E-state index contributed by atoms with van der Waals surface area (Å²) in [5.74, 6) is 0.176. The first-order valence-electron chi connectivity index (χ1n) is 43.5. The Hall–Kier alpha value is -13.8. The molecule has 11 aromatic rings. The van der Waals surface area contributed by atoms with Gasteiger partial charge >= 0.3 is 30.2 Å². The van der Waals surface area contributed by atoms with Gasteiger partial charge in [-0.25, -0.2) is 14.4 Å². The van der Waals surface area contributed by atoms with E-state index in [4.69, 9.17) is 52.1 Å². The summed E-state index contributed by atoms with van der Waals surface area (Å²) in [4.78, 5) is 80.5. The molecule has 14 rings (SSSR count). The minimum absolute atomic E-state index is 0.0244. The molecule has 4 amide bonds. The molecule has 0 spiro atoms. The number of amides is 4. The van der Waals surface area contributed by atoms with Crippen molar-refractivity contribution < 1.29 is 91.1 Å². The molecule has 3 aliphatic carbocycles. The highest BCUT2D eigenvalue weighted by Gasteiger charge is 2.48. The first-order valence-corrected chi connectivity index (χ1v) is 43.5. The maximum atomic E-state index is 14.0. The van der Waals surface area contributed by atoms with Crippen LogP contribution in [0.4, 0.5) is 31.4 Å². The quantitative estimate of drug-likeness (QED) is 0.0118. The average molecular weight is 1740 g/mol. The van der Waals surface area contributed by atoms with Crippen molar-refractivity contribution in [2.75, 3.05) is 95.2 Å². The van der Waals surface area contributed by atoms with E-state index in [0.29, 0.717) is 72.5 Å². The molecule has 23 nitrogen and oxygen atoms in total. The predicted molar refractivity (Wildman–Crippen MR) is 493 cm³/mol. The number of fused-ring (bicyclic) bond motifs is 6. The van der Waals surface area contributed by atoms with Gasteiger partial charge in [0, 0.05) is 22.8 Å². The summed E-state index contributed by atoms with van der Waals surface area (Å²) in [6, 6.07) is 88.3. The lowest BCUT2D eigenvalue weighted by atomic mass is 9.68. The zero-order chi connectivity index (χ0) is 90.5. The van der Waals surface area contributed by atoms with E-state index in [1.807, 2.05) is 117 Å². The fourth-order valence-corrected chi connectivity index (χ4v) is 16.6. The molecule has 0 aliphatic heterocycles. The predicted octanol–water partition coefficient (Wildman–Crippen LogP) is 18.7. The minimum Gasteiger partial charge on any atom is -0.491 e. The number of benzene rings is 11. The van der Waals surface area contributed by atoms with Gasteiger partial charge in [-0.3, -0.25) is 30.3 Å². The molecule has 0 fully saturated rings. The zero-order valence-corrected chi connectivity index (χ0v) is 73.4. The summed E-state index contributed by atoms with van der Waals surface area (Å²) in [7, 11) is 0. The van der Waals surface area contributed by atoms with Crippen molar-refractivity contribution in [1.29, 1.82) is 0 Å². The molecule has 0 saturated carbocycles. The van der Waals surface area contributed by atoms with Crippen LogP contribution in [0, 0.1) is 17.3 Å². The maximum Gasteiger partial charge on any atom is 0.411 e. The molecule has 6 N–H and O–H groups in total. The monoisotopic (exact) mass is 1740 g/mol. The van der Waals surface area contributed by atoms with Gasteiger partial charge in [0.2, 0.25) is 0 Å². The molecule has 0 saturated heterocycles. The molecule has 0 radical (unpaired) electrons. The van der Waals surface area contributed by atoms with E-state index in [1.54, 1.807) is 64.1 Å². The number of ether oxygens (including phenoxy) is 11. The van der Waals surface area contributed by atoms with Crippen LogP contribution in [0.1, 0.15) is 116 Å². The number of allylic oxidation sites excluding steroid dienone is 3. The van der Waals surface area contributed by atoms with Crippen LogP contribution in [-0.4, -0.2) is 143 Å². The lowest BCUT2D eigenvalue weighted by molar-refractivity contribution is -0.165. The van der Waals surface area contributed by atoms with E-state index in [-0.39, 0.29) is 57.6 Å². The number of aliphatic hydroxyl groups is 2. The zero-order valence-electron chi connectivity index (χ0n) is 73.4. The third-order valence-corrected chi connectivity index (χ3v) is 22.8. The number of alkyl carbamates (subject to hydrolysis) is 1. The number of hydrogen-bond acceptors (Lipinski definition) is 19. The highest BCUT2D eigenvalue weighted by molar-refractivity contribution is 5.97. The average Bonchev–Trinajstić information content (AvgIpc) is 1.55. The molecule has 3 unspecified atom stereocenters. The lowest BCUT2D eigenvalue weighted by Crippen LogP contribution is -2.43. The smallest absolute Gasteiger partial charge is 0.411 e. The second kappa shape index (κ2) is 42.2. The summed E-state index contributed by atoms with van der Waals surface area (Å²) >= 11 is 0. The molecule has 23 heteroatoms. The van der Waals surface area contributed by atoms with Crippen molar-refractivity contribution >= 4 is 53.2 Å². The SMILES string of the molecule is CC(C)OCCOc1ccc(C2(c3ccc(OCCOC(=O)Nc4cccc(CC5C=C(NC(=O)OCC(C)(COC(=O)Nc6cccc(Cc7cccc(NC(=O)C(C)(C)OCCOc8ccc(C9(c%10ccc(OCCO)cc%10)c%10ccccc%10-c%10ccccc%109)cc8)c7)c6)C(=O)OCC(O)COC(=O)C(C)C)C=CC5)c4)cc3)c3ccccc3-c3ccccc32)cc1. The van der Waals surface area contributed by atoms with Crippen molar-refractivity contribution in [3.05, 3.63) is 352 Å². The van der Waals surface area contributed by atoms with Crippen LogP contribution >= 0.6 is 0 Å². The Morgan fingerprint density at radius 1 is 0.426 bits per heavy atom. The van der Waals surface area contributed by atoms with Gasteiger partial charge in [-0.15, -0.1) is 0 Å². The Morgan fingerprint density at radius 3 is 1.29 bits per heavy atom. The molecule has 3 aliphatic rings. The van der Waals surface area contributed by atoms with Gasteiger partial charge in [0.05, 0.1) is 42.7 Å². The van der Waals surface area contributed by atoms with Crippen molar-refractivity contribution in [2.45, 2.75) is 96.4 Å². The van der Waals surface area contributed by atoms with Gasteiger partial charge < -0.3 is 67.6 Å². The Labute approximate surface area is 751 Å². The largest absolute Gasteiger partial charge is 0.491 e. The van der Waals surface area contributed by atoms with E-state index >= 15 is 0 Å². The number of hydrogen-bond donors (Lipinski definition) is 6. The molecule has 666 valence electrons. The van der Waals surface area contributed by atoms with Crippen molar-refractivity contribution in [2.24, 2.45) is 17.3 Å². The maximum absolute atomic E-state index is 14.0. The number of rotatable bonds is 40. The molecule has 129 heavy (non-hydrogen) atoms. The van der Waals surface area contributed by atoms with Gasteiger partial charge in [-0.1, -0.05) is 208 Å². The Balaban J connectivity index is 0.535. The summed E-state index contributed by atoms with van der Waals surface area (Å²) in [6.07, 6.45) is 3.23. The van der Waals surface area contributed by atoms with Crippen LogP contribution in [0.25, 0.3) is 22.3 Å². The first-order chi connectivity index (χ1) is 62.5. The number of nitrogens with one attached hydrogen (secondary N) is 4. The highest BCUT2D eigenvalue weighted by Crippen LogP contribution is 2.58. The van der Waals surface area contributed by atoms with E-state index in [0.717, 1.165) is 66.9 Å². The molecule has 0 aromatic heterocycles. The molecular weight excluding hydrogens is 1630 g/mol. The molecule has 11 aromatic carbocycles.